The Hall–Kier alpha value is -0.833. The molecular weight excluding hydrogens is 228 g/mol. The highest BCUT2D eigenvalue weighted by atomic mass is 28.4. The van der Waals surface area contributed by atoms with Crippen molar-refractivity contribution in [2.24, 2.45) is 11.3 Å². The number of Topliss-reactive ketones (excluding diaryl/α,β-unsaturated/α-hetero) is 1. The highest BCUT2D eigenvalue weighted by molar-refractivity contribution is 6.70. The molecule has 2 saturated carbocycles. The molecule has 17 heavy (non-hydrogen) atoms. The third kappa shape index (κ3) is 1.81. The molecule has 2 aliphatic carbocycles. The summed E-state index contributed by atoms with van der Waals surface area (Å²) in [5.41, 5.74) is 0.847. The maximum absolute atomic E-state index is 12.0. The van der Waals surface area contributed by atoms with Crippen LogP contribution in [0.2, 0.25) is 19.6 Å². The molecule has 0 saturated heterocycles. The minimum Gasteiger partial charge on any atom is -0.548 e. The quantitative estimate of drug-likeness (QED) is 0.434. The van der Waals surface area contributed by atoms with Crippen LogP contribution in [0.1, 0.15) is 26.2 Å². The predicted molar refractivity (Wildman–Crippen MR) is 72.1 cm³/mol. The zero-order valence-corrected chi connectivity index (χ0v) is 12.3. The van der Waals surface area contributed by atoms with Gasteiger partial charge in [-0.25, -0.2) is 0 Å². The second-order valence-electron chi connectivity index (χ2n) is 6.19. The van der Waals surface area contributed by atoms with Gasteiger partial charge in [0.1, 0.15) is 5.78 Å². The zero-order valence-electron chi connectivity index (χ0n) is 11.3. The monoisotopic (exact) mass is 250 g/mol. The number of hydrogen-bond acceptors (Lipinski definition) is 2. The van der Waals surface area contributed by atoms with E-state index in [0.29, 0.717) is 11.7 Å². The average molecular weight is 250 g/mol. The van der Waals surface area contributed by atoms with E-state index in [1.165, 1.54) is 5.57 Å². The van der Waals surface area contributed by atoms with Crippen LogP contribution < -0.4 is 0 Å². The second kappa shape index (κ2) is 3.84. The average Bonchev–Trinajstić information content (AvgIpc) is 2.48. The van der Waals surface area contributed by atoms with Crippen molar-refractivity contribution in [3.8, 4) is 0 Å². The van der Waals surface area contributed by atoms with E-state index in [1.807, 2.05) is 13.0 Å². The van der Waals surface area contributed by atoms with Gasteiger partial charge in [0, 0.05) is 6.42 Å². The number of allylic oxidation sites excluding steroid dienone is 3. The molecule has 2 rings (SSSR count). The van der Waals surface area contributed by atoms with Crippen LogP contribution in [0.4, 0.5) is 0 Å². The van der Waals surface area contributed by atoms with Crippen LogP contribution in [-0.4, -0.2) is 14.1 Å². The molecule has 2 aliphatic rings. The van der Waals surface area contributed by atoms with E-state index in [2.05, 4.69) is 26.2 Å². The lowest BCUT2D eigenvalue weighted by Crippen LogP contribution is -2.46. The van der Waals surface area contributed by atoms with Crippen molar-refractivity contribution in [3.63, 3.8) is 0 Å². The minimum atomic E-state index is -1.59. The molecule has 0 aromatic rings. The van der Waals surface area contributed by atoms with Crippen LogP contribution in [0.3, 0.4) is 0 Å². The van der Waals surface area contributed by atoms with Gasteiger partial charge in [-0.3, -0.25) is 4.79 Å². The minimum absolute atomic E-state index is 0.337. The summed E-state index contributed by atoms with van der Waals surface area (Å²) in [6.07, 6.45) is 4.71. The summed E-state index contributed by atoms with van der Waals surface area (Å²) in [4.78, 5) is 12.0. The number of hydrogen-bond donors (Lipinski definition) is 0. The summed E-state index contributed by atoms with van der Waals surface area (Å²) in [6.45, 7) is 12.4. The maximum atomic E-state index is 12.0. The van der Waals surface area contributed by atoms with Crippen molar-refractivity contribution in [2.75, 3.05) is 0 Å². The highest BCUT2D eigenvalue weighted by Crippen LogP contribution is 2.59. The fourth-order valence-electron chi connectivity index (χ4n) is 3.31. The number of fused-ring (bicyclic) bond motifs is 1. The van der Waals surface area contributed by atoms with Gasteiger partial charge in [0.15, 0.2) is 0 Å². The molecular formula is C14H22O2Si. The summed E-state index contributed by atoms with van der Waals surface area (Å²) in [7, 11) is -1.59. The normalized spacial score (nSPS) is 35.1. The van der Waals surface area contributed by atoms with Crippen molar-refractivity contribution >= 4 is 14.1 Å². The molecule has 0 amide bonds. The largest absolute Gasteiger partial charge is 0.548 e. The molecule has 0 aliphatic heterocycles. The number of carbonyl (C=O) groups is 1. The summed E-state index contributed by atoms with van der Waals surface area (Å²) in [5, 5.41) is 0. The summed E-state index contributed by atoms with van der Waals surface area (Å²) in [5.74, 6) is 1.81. The number of carbonyl (C=O) groups excluding carboxylic acids is 1. The molecule has 0 unspecified atom stereocenters. The Kier molecular flexibility index (Phi) is 2.85. The maximum Gasteiger partial charge on any atom is 0.241 e. The van der Waals surface area contributed by atoms with Crippen molar-refractivity contribution < 1.29 is 9.22 Å². The second-order valence-corrected chi connectivity index (χ2v) is 10.6. The van der Waals surface area contributed by atoms with Crippen LogP contribution in [0.5, 0.6) is 0 Å². The molecule has 0 aromatic heterocycles. The van der Waals surface area contributed by atoms with E-state index in [-0.39, 0.29) is 5.41 Å². The van der Waals surface area contributed by atoms with E-state index >= 15 is 0 Å². The standard InChI is InChI=1S/C14H22O2Si/c1-6-14-11(9-13(14)15)7-8-12(14)10(2)16-17(3,4)5/h6,11H,1,7-9H2,2-5H3/b12-10-/t11-,14-/m0/s1. The molecule has 2 fully saturated rings. The molecule has 2 atom stereocenters. The molecule has 0 N–H and O–H groups in total. The van der Waals surface area contributed by atoms with E-state index < -0.39 is 8.32 Å². The lowest BCUT2D eigenvalue weighted by atomic mass is 9.59. The smallest absolute Gasteiger partial charge is 0.241 e. The van der Waals surface area contributed by atoms with Gasteiger partial charge in [0.05, 0.1) is 11.2 Å². The SMILES string of the molecule is C=C[C@]12C(=O)C[C@@H]1CC/C2=C(\C)O[Si](C)(C)C. The van der Waals surface area contributed by atoms with Crippen LogP contribution in [0.15, 0.2) is 24.0 Å². The van der Waals surface area contributed by atoms with Crippen LogP contribution in [0.25, 0.3) is 0 Å². The van der Waals surface area contributed by atoms with E-state index in [0.717, 1.165) is 25.0 Å². The third-order valence-electron chi connectivity index (χ3n) is 3.99. The van der Waals surface area contributed by atoms with Gasteiger partial charge < -0.3 is 4.43 Å². The Morgan fingerprint density at radius 1 is 1.53 bits per heavy atom. The lowest BCUT2D eigenvalue weighted by Gasteiger charge is -2.42. The summed E-state index contributed by atoms with van der Waals surface area (Å²) >= 11 is 0. The molecule has 0 spiro atoms. The Labute approximate surface area is 105 Å². The van der Waals surface area contributed by atoms with Crippen LogP contribution >= 0.6 is 0 Å². The molecule has 2 nitrogen and oxygen atoms in total. The first kappa shape index (κ1) is 12.6. The summed E-state index contributed by atoms with van der Waals surface area (Å²) < 4.78 is 6.07. The van der Waals surface area contributed by atoms with Crippen molar-refractivity contribution in [3.05, 3.63) is 24.0 Å². The van der Waals surface area contributed by atoms with Gasteiger partial charge in [-0.1, -0.05) is 6.08 Å². The first-order valence-electron chi connectivity index (χ1n) is 6.37. The fourth-order valence-corrected chi connectivity index (χ4v) is 4.35. The Balaban J connectivity index is 2.35. The Morgan fingerprint density at radius 3 is 2.65 bits per heavy atom. The lowest BCUT2D eigenvalue weighted by molar-refractivity contribution is -0.136. The van der Waals surface area contributed by atoms with E-state index in [4.69, 9.17) is 4.43 Å². The molecule has 0 aromatic carbocycles. The molecule has 0 heterocycles. The first-order chi connectivity index (χ1) is 7.81. The van der Waals surface area contributed by atoms with Crippen molar-refractivity contribution in [2.45, 2.75) is 45.8 Å². The predicted octanol–water partition coefficient (Wildman–Crippen LogP) is 3.67. The zero-order chi connectivity index (χ0) is 12.8. The molecule has 94 valence electrons. The number of ketones is 1. The van der Waals surface area contributed by atoms with E-state index in [1.54, 1.807) is 0 Å². The number of rotatable bonds is 3. The van der Waals surface area contributed by atoms with Gasteiger partial charge in [0.2, 0.25) is 8.32 Å². The van der Waals surface area contributed by atoms with E-state index in [9.17, 15) is 4.79 Å². The topological polar surface area (TPSA) is 26.3 Å². The first-order valence-corrected chi connectivity index (χ1v) is 9.78. The van der Waals surface area contributed by atoms with Gasteiger partial charge in [-0.15, -0.1) is 6.58 Å². The molecule has 0 bridgehead atoms. The van der Waals surface area contributed by atoms with Crippen molar-refractivity contribution in [1.82, 2.24) is 0 Å². The fraction of sp³-hybridized carbons (Fsp3) is 0.643. The third-order valence-corrected chi connectivity index (χ3v) is 4.90. The van der Waals surface area contributed by atoms with Crippen LogP contribution in [-0.2, 0) is 9.22 Å². The Bertz CT molecular complexity index is 403. The van der Waals surface area contributed by atoms with Gasteiger partial charge in [-0.05, 0) is 50.9 Å². The molecule has 0 radical (unpaired) electrons. The van der Waals surface area contributed by atoms with Crippen LogP contribution in [0, 0.1) is 11.3 Å². The van der Waals surface area contributed by atoms with Gasteiger partial charge >= 0.3 is 0 Å². The highest BCUT2D eigenvalue weighted by Gasteiger charge is 2.58. The van der Waals surface area contributed by atoms with Gasteiger partial charge in [0.25, 0.3) is 0 Å². The Morgan fingerprint density at radius 2 is 2.18 bits per heavy atom. The summed E-state index contributed by atoms with van der Waals surface area (Å²) in [6, 6.07) is 0. The molecule has 3 heteroatoms. The van der Waals surface area contributed by atoms with Gasteiger partial charge in [-0.2, -0.15) is 0 Å². The van der Waals surface area contributed by atoms with Crippen molar-refractivity contribution in [1.29, 1.82) is 0 Å².